The van der Waals surface area contributed by atoms with Crippen LogP contribution in [0.4, 0.5) is 0 Å². The summed E-state index contributed by atoms with van der Waals surface area (Å²) in [6.45, 7) is 2.10. The van der Waals surface area contributed by atoms with Crippen LogP contribution in [0.1, 0.15) is 24.3 Å². The number of piperidine rings is 1. The van der Waals surface area contributed by atoms with Crippen LogP contribution >= 0.6 is 0 Å². The van der Waals surface area contributed by atoms with Gasteiger partial charge in [0.1, 0.15) is 5.75 Å². The maximum atomic E-state index is 11.0. The van der Waals surface area contributed by atoms with Gasteiger partial charge >= 0.3 is 10.1 Å². The molecular formula is C12H17NO3S. The molecule has 1 aromatic rings. The molecule has 1 heterocycles. The maximum Gasteiger partial charge on any atom is 0.306 e. The third-order valence-corrected chi connectivity index (χ3v) is 3.43. The Labute approximate surface area is 102 Å². The van der Waals surface area contributed by atoms with Crippen molar-refractivity contribution in [2.24, 2.45) is 0 Å². The van der Waals surface area contributed by atoms with Crippen LogP contribution in [-0.4, -0.2) is 27.8 Å². The Morgan fingerprint density at radius 3 is 2.29 bits per heavy atom. The van der Waals surface area contributed by atoms with E-state index >= 15 is 0 Å². The average Bonchev–Trinajstić information content (AvgIpc) is 2.29. The standard InChI is InChI=1S/C12H17NO3S/c1-17(14,15)16-12-4-2-10(3-5-12)11-6-8-13-9-7-11/h2-5,11,13H,6-9H2,1H3. The Bertz CT molecular complexity index is 461. The lowest BCUT2D eigenvalue weighted by Gasteiger charge is -2.22. The molecule has 1 fully saturated rings. The molecule has 1 aliphatic rings. The van der Waals surface area contributed by atoms with Gasteiger partial charge in [0.05, 0.1) is 6.26 Å². The monoisotopic (exact) mass is 255 g/mol. The fourth-order valence-corrected chi connectivity index (χ4v) is 2.59. The molecule has 0 bridgehead atoms. The van der Waals surface area contributed by atoms with Crippen molar-refractivity contribution < 1.29 is 12.6 Å². The lowest BCUT2D eigenvalue weighted by Crippen LogP contribution is -2.26. The van der Waals surface area contributed by atoms with E-state index in [1.54, 1.807) is 12.1 Å². The quantitative estimate of drug-likeness (QED) is 0.831. The average molecular weight is 255 g/mol. The predicted octanol–water partition coefficient (Wildman–Crippen LogP) is 1.49. The molecule has 0 saturated carbocycles. The van der Waals surface area contributed by atoms with Crippen LogP contribution in [0, 0.1) is 0 Å². The third kappa shape index (κ3) is 3.71. The summed E-state index contributed by atoms with van der Waals surface area (Å²) in [4.78, 5) is 0. The van der Waals surface area contributed by atoms with Gasteiger partial charge in [0, 0.05) is 0 Å². The van der Waals surface area contributed by atoms with Crippen molar-refractivity contribution in [2.75, 3.05) is 19.3 Å². The molecule has 5 heteroatoms. The Balaban J connectivity index is 2.07. The zero-order valence-electron chi connectivity index (χ0n) is 9.85. The number of nitrogens with one attached hydrogen (secondary N) is 1. The molecule has 2 rings (SSSR count). The van der Waals surface area contributed by atoms with E-state index in [1.807, 2.05) is 12.1 Å². The molecule has 4 nitrogen and oxygen atoms in total. The van der Waals surface area contributed by atoms with E-state index in [-0.39, 0.29) is 0 Å². The highest BCUT2D eigenvalue weighted by Gasteiger charge is 2.15. The van der Waals surface area contributed by atoms with E-state index in [0.29, 0.717) is 11.7 Å². The van der Waals surface area contributed by atoms with Crippen molar-refractivity contribution in [3.63, 3.8) is 0 Å². The molecule has 0 unspecified atom stereocenters. The molecule has 1 aromatic carbocycles. The van der Waals surface area contributed by atoms with Gasteiger partial charge in [-0.05, 0) is 49.5 Å². The predicted molar refractivity (Wildman–Crippen MR) is 66.8 cm³/mol. The summed E-state index contributed by atoms with van der Waals surface area (Å²) in [5, 5.41) is 3.32. The Kier molecular flexibility index (Phi) is 3.69. The van der Waals surface area contributed by atoms with Crippen molar-refractivity contribution in [2.45, 2.75) is 18.8 Å². The number of hydrogen-bond acceptors (Lipinski definition) is 4. The van der Waals surface area contributed by atoms with Crippen LogP contribution in [0.5, 0.6) is 5.75 Å². The molecule has 0 radical (unpaired) electrons. The van der Waals surface area contributed by atoms with Crippen LogP contribution in [0.3, 0.4) is 0 Å². The van der Waals surface area contributed by atoms with Crippen molar-refractivity contribution in [1.29, 1.82) is 0 Å². The van der Waals surface area contributed by atoms with E-state index < -0.39 is 10.1 Å². The Hall–Kier alpha value is -1.07. The number of hydrogen-bond donors (Lipinski definition) is 1. The van der Waals surface area contributed by atoms with Gasteiger partial charge in [-0.25, -0.2) is 0 Å². The highest BCUT2D eigenvalue weighted by molar-refractivity contribution is 7.86. The van der Waals surface area contributed by atoms with E-state index in [9.17, 15) is 8.42 Å². The van der Waals surface area contributed by atoms with E-state index in [4.69, 9.17) is 4.18 Å². The normalized spacial score (nSPS) is 17.9. The van der Waals surface area contributed by atoms with Crippen molar-refractivity contribution in [3.05, 3.63) is 29.8 Å². The van der Waals surface area contributed by atoms with Gasteiger partial charge < -0.3 is 9.50 Å². The second-order valence-corrected chi connectivity index (χ2v) is 5.96. The molecule has 1 N–H and O–H groups in total. The van der Waals surface area contributed by atoms with Crippen LogP contribution in [0.15, 0.2) is 24.3 Å². The lowest BCUT2D eigenvalue weighted by molar-refractivity contribution is 0.459. The molecule has 0 spiro atoms. The second kappa shape index (κ2) is 5.06. The summed E-state index contributed by atoms with van der Waals surface area (Å²) >= 11 is 0. The van der Waals surface area contributed by atoms with Crippen molar-refractivity contribution >= 4 is 10.1 Å². The summed E-state index contributed by atoms with van der Waals surface area (Å²) in [6.07, 6.45) is 3.31. The minimum absolute atomic E-state index is 0.380. The zero-order valence-corrected chi connectivity index (χ0v) is 10.7. The largest absolute Gasteiger partial charge is 0.383 e. The summed E-state index contributed by atoms with van der Waals surface area (Å²) in [5.74, 6) is 0.953. The minimum Gasteiger partial charge on any atom is -0.383 e. The van der Waals surface area contributed by atoms with E-state index in [0.717, 1.165) is 32.2 Å². The Morgan fingerprint density at radius 1 is 1.18 bits per heavy atom. The smallest absolute Gasteiger partial charge is 0.306 e. The van der Waals surface area contributed by atoms with Gasteiger partial charge in [0.25, 0.3) is 0 Å². The van der Waals surface area contributed by atoms with Crippen LogP contribution in [0.2, 0.25) is 0 Å². The molecule has 0 aromatic heterocycles. The van der Waals surface area contributed by atoms with Gasteiger partial charge in [-0.3, -0.25) is 0 Å². The first kappa shape index (κ1) is 12.4. The van der Waals surface area contributed by atoms with Gasteiger partial charge in [0.15, 0.2) is 0 Å². The lowest BCUT2D eigenvalue weighted by atomic mass is 9.90. The summed E-state index contributed by atoms with van der Waals surface area (Å²) < 4.78 is 26.7. The highest BCUT2D eigenvalue weighted by atomic mass is 32.2. The third-order valence-electron chi connectivity index (χ3n) is 2.94. The van der Waals surface area contributed by atoms with Gasteiger partial charge in [-0.15, -0.1) is 0 Å². The highest BCUT2D eigenvalue weighted by Crippen LogP contribution is 2.26. The molecular weight excluding hydrogens is 238 g/mol. The zero-order chi connectivity index (χ0) is 12.3. The maximum absolute atomic E-state index is 11.0. The van der Waals surface area contributed by atoms with E-state index in [1.165, 1.54) is 5.56 Å². The molecule has 0 aliphatic carbocycles. The molecule has 0 amide bonds. The SMILES string of the molecule is CS(=O)(=O)Oc1ccc(C2CCNCC2)cc1. The second-order valence-electron chi connectivity index (χ2n) is 4.38. The molecule has 1 saturated heterocycles. The van der Waals surface area contributed by atoms with Crippen molar-refractivity contribution in [3.8, 4) is 5.75 Å². The van der Waals surface area contributed by atoms with Gasteiger partial charge in [-0.2, -0.15) is 8.42 Å². The van der Waals surface area contributed by atoms with Crippen LogP contribution in [-0.2, 0) is 10.1 Å². The first-order valence-electron chi connectivity index (χ1n) is 5.75. The van der Waals surface area contributed by atoms with Crippen molar-refractivity contribution in [1.82, 2.24) is 5.32 Å². The fraction of sp³-hybridized carbons (Fsp3) is 0.500. The van der Waals surface area contributed by atoms with Crippen LogP contribution in [0.25, 0.3) is 0 Å². The molecule has 0 atom stereocenters. The minimum atomic E-state index is -3.42. The first-order chi connectivity index (χ1) is 8.04. The number of rotatable bonds is 3. The number of benzene rings is 1. The summed E-state index contributed by atoms with van der Waals surface area (Å²) in [7, 11) is -3.42. The summed E-state index contributed by atoms with van der Waals surface area (Å²) in [6, 6.07) is 7.35. The Morgan fingerprint density at radius 2 is 1.76 bits per heavy atom. The first-order valence-corrected chi connectivity index (χ1v) is 7.56. The summed E-state index contributed by atoms with van der Waals surface area (Å²) in [5.41, 5.74) is 1.26. The van der Waals surface area contributed by atoms with E-state index in [2.05, 4.69) is 5.32 Å². The topological polar surface area (TPSA) is 55.4 Å². The van der Waals surface area contributed by atoms with Gasteiger partial charge in [0.2, 0.25) is 0 Å². The van der Waals surface area contributed by atoms with Crippen LogP contribution < -0.4 is 9.50 Å². The van der Waals surface area contributed by atoms with Gasteiger partial charge in [-0.1, -0.05) is 12.1 Å². The fourth-order valence-electron chi connectivity index (χ4n) is 2.13. The molecule has 94 valence electrons. The molecule has 17 heavy (non-hydrogen) atoms. The molecule has 1 aliphatic heterocycles.